The van der Waals surface area contributed by atoms with Gasteiger partial charge in [-0.25, -0.2) is 9.78 Å². The van der Waals surface area contributed by atoms with E-state index in [1.54, 1.807) is 18.2 Å². The summed E-state index contributed by atoms with van der Waals surface area (Å²) in [6.07, 6.45) is 1.29. The van der Waals surface area contributed by atoms with Crippen LogP contribution >= 0.6 is 39.1 Å². The third-order valence-electron chi connectivity index (χ3n) is 2.28. The Morgan fingerprint density at radius 1 is 1.32 bits per heavy atom. The smallest absolute Gasteiger partial charge is 0.337 e. The zero-order chi connectivity index (χ0) is 14.0. The quantitative estimate of drug-likeness (QED) is 0.839. The van der Waals surface area contributed by atoms with Crippen LogP contribution in [0.1, 0.15) is 10.4 Å². The van der Waals surface area contributed by atoms with Crippen molar-refractivity contribution in [1.82, 2.24) is 4.98 Å². The fourth-order valence-electron chi connectivity index (χ4n) is 1.40. The number of carboxylic acids is 1. The monoisotopic (exact) mass is 360 g/mol. The lowest BCUT2D eigenvalue weighted by Crippen LogP contribution is -2.01. The van der Waals surface area contributed by atoms with Crippen molar-refractivity contribution in [2.45, 2.75) is 0 Å². The minimum atomic E-state index is -1.11. The predicted octanol–water partition coefficient (Wildman–Crippen LogP) is 4.59. The zero-order valence-electron chi connectivity index (χ0n) is 9.32. The number of halogens is 3. The van der Waals surface area contributed by atoms with E-state index in [2.05, 4.69) is 26.2 Å². The van der Waals surface area contributed by atoms with Crippen LogP contribution in [-0.2, 0) is 0 Å². The molecule has 0 atom stereocenters. The Balaban J connectivity index is 2.33. The molecule has 1 aromatic carbocycles. The molecule has 0 saturated heterocycles. The predicted molar refractivity (Wildman–Crippen MR) is 78.6 cm³/mol. The van der Waals surface area contributed by atoms with Crippen molar-refractivity contribution >= 4 is 56.6 Å². The summed E-state index contributed by atoms with van der Waals surface area (Å²) in [5.41, 5.74) is 0.708. The third-order valence-corrected chi connectivity index (χ3v) is 3.47. The average Bonchev–Trinajstić information content (AvgIpc) is 2.34. The largest absolute Gasteiger partial charge is 0.478 e. The molecule has 98 valence electrons. The summed E-state index contributed by atoms with van der Waals surface area (Å²) in [5, 5.41) is 12.6. The van der Waals surface area contributed by atoms with Gasteiger partial charge in [-0.2, -0.15) is 0 Å². The molecule has 0 fully saturated rings. The van der Waals surface area contributed by atoms with E-state index < -0.39 is 5.97 Å². The maximum atomic E-state index is 11.0. The molecule has 0 spiro atoms. The van der Waals surface area contributed by atoms with Crippen LogP contribution in [0, 0.1) is 0 Å². The van der Waals surface area contributed by atoms with Gasteiger partial charge in [-0.1, -0.05) is 23.2 Å². The van der Waals surface area contributed by atoms with E-state index in [0.29, 0.717) is 10.8 Å². The Hall–Kier alpha value is -1.30. The van der Waals surface area contributed by atoms with Gasteiger partial charge >= 0.3 is 5.97 Å². The third kappa shape index (κ3) is 3.37. The first-order chi connectivity index (χ1) is 8.97. The molecule has 1 heterocycles. The number of hydrogen-bond donors (Lipinski definition) is 2. The van der Waals surface area contributed by atoms with E-state index in [1.165, 1.54) is 12.3 Å². The number of anilines is 2. The maximum Gasteiger partial charge on any atom is 0.337 e. The van der Waals surface area contributed by atoms with Crippen molar-refractivity contribution in [2.75, 3.05) is 5.32 Å². The first-order valence-electron chi connectivity index (χ1n) is 5.08. The van der Waals surface area contributed by atoms with Gasteiger partial charge in [0.15, 0.2) is 0 Å². The van der Waals surface area contributed by atoms with E-state index in [1.807, 2.05) is 0 Å². The summed E-state index contributed by atoms with van der Waals surface area (Å²) in [6.45, 7) is 0. The number of benzene rings is 1. The van der Waals surface area contributed by atoms with Gasteiger partial charge in [0.25, 0.3) is 0 Å². The average molecular weight is 362 g/mol. The lowest BCUT2D eigenvalue weighted by molar-refractivity contribution is 0.0697. The van der Waals surface area contributed by atoms with Crippen LogP contribution in [0.2, 0.25) is 10.0 Å². The molecule has 0 unspecified atom stereocenters. The van der Waals surface area contributed by atoms with Gasteiger partial charge in [-0.15, -0.1) is 0 Å². The number of aromatic carboxylic acids is 1. The number of nitrogens with zero attached hydrogens (tertiary/aromatic N) is 1. The highest BCUT2D eigenvalue weighted by atomic mass is 79.9. The summed E-state index contributed by atoms with van der Waals surface area (Å²) in [4.78, 5) is 15.0. The fraction of sp³-hybridized carbons (Fsp3) is 0. The minimum Gasteiger partial charge on any atom is -0.478 e. The molecule has 2 rings (SSSR count). The Bertz CT molecular complexity index is 650. The number of carbonyl (C=O) groups is 1. The maximum absolute atomic E-state index is 11.0. The topological polar surface area (TPSA) is 62.2 Å². The molecule has 0 aliphatic carbocycles. The van der Waals surface area contributed by atoms with Crippen LogP contribution < -0.4 is 5.32 Å². The Morgan fingerprint density at radius 2 is 2.05 bits per heavy atom. The molecule has 19 heavy (non-hydrogen) atoms. The first-order valence-corrected chi connectivity index (χ1v) is 6.63. The van der Waals surface area contributed by atoms with Crippen LogP contribution in [0.3, 0.4) is 0 Å². The highest BCUT2D eigenvalue weighted by Crippen LogP contribution is 2.29. The first kappa shape index (κ1) is 14.1. The Labute approximate surface area is 127 Å². The van der Waals surface area contributed by atoms with Crippen molar-refractivity contribution in [3.05, 3.63) is 50.5 Å². The number of aromatic nitrogens is 1. The Morgan fingerprint density at radius 3 is 2.68 bits per heavy atom. The molecule has 0 amide bonds. The summed E-state index contributed by atoms with van der Waals surface area (Å²) in [7, 11) is 0. The molecule has 0 aliphatic heterocycles. The SMILES string of the molecule is O=C(O)c1cc(Nc2ccc(Cl)cc2Br)ncc1Cl. The van der Waals surface area contributed by atoms with E-state index in [9.17, 15) is 4.79 Å². The van der Waals surface area contributed by atoms with Gasteiger partial charge in [0.05, 0.1) is 16.3 Å². The van der Waals surface area contributed by atoms with Gasteiger partial charge in [0.2, 0.25) is 0 Å². The highest BCUT2D eigenvalue weighted by Gasteiger charge is 2.11. The molecular formula is C12H7BrCl2N2O2. The number of nitrogens with one attached hydrogen (secondary N) is 1. The molecule has 2 N–H and O–H groups in total. The molecular weight excluding hydrogens is 355 g/mol. The molecule has 0 aliphatic rings. The molecule has 0 bridgehead atoms. The number of carboxylic acid groups (broad SMARTS) is 1. The summed E-state index contributed by atoms with van der Waals surface area (Å²) >= 11 is 14.9. The van der Waals surface area contributed by atoms with E-state index >= 15 is 0 Å². The van der Waals surface area contributed by atoms with Crippen LogP contribution in [0.25, 0.3) is 0 Å². The standard InChI is InChI=1S/C12H7BrCl2N2O2/c13-8-3-6(14)1-2-10(8)17-11-4-7(12(18)19)9(15)5-16-11/h1-5H,(H,16,17)(H,18,19). The molecule has 0 radical (unpaired) electrons. The van der Waals surface area contributed by atoms with Gasteiger partial charge in [-0.3, -0.25) is 0 Å². The van der Waals surface area contributed by atoms with Crippen LogP contribution in [-0.4, -0.2) is 16.1 Å². The summed E-state index contributed by atoms with van der Waals surface area (Å²) in [5.74, 6) is -0.726. The highest BCUT2D eigenvalue weighted by molar-refractivity contribution is 9.10. The van der Waals surface area contributed by atoms with E-state index in [0.717, 1.165) is 10.2 Å². The van der Waals surface area contributed by atoms with Gasteiger partial charge < -0.3 is 10.4 Å². The van der Waals surface area contributed by atoms with Crippen molar-refractivity contribution in [1.29, 1.82) is 0 Å². The lowest BCUT2D eigenvalue weighted by Gasteiger charge is -2.09. The van der Waals surface area contributed by atoms with Crippen molar-refractivity contribution < 1.29 is 9.90 Å². The second-order valence-electron chi connectivity index (χ2n) is 3.60. The van der Waals surface area contributed by atoms with Crippen LogP contribution in [0.4, 0.5) is 11.5 Å². The number of pyridine rings is 1. The van der Waals surface area contributed by atoms with Crippen molar-refractivity contribution in [2.24, 2.45) is 0 Å². The Kier molecular flexibility index (Phi) is 4.29. The fourth-order valence-corrected chi connectivity index (χ4v) is 2.37. The number of rotatable bonds is 3. The lowest BCUT2D eigenvalue weighted by atomic mass is 10.2. The van der Waals surface area contributed by atoms with Crippen molar-refractivity contribution in [3.63, 3.8) is 0 Å². The second-order valence-corrected chi connectivity index (χ2v) is 5.30. The second kappa shape index (κ2) is 5.77. The number of hydrogen-bond acceptors (Lipinski definition) is 3. The molecule has 1 aromatic heterocycles. The molecule has 4 nitrogen and oxygen atoms in total. The molecule has 0 saturated carbocycles. The van der Waals surface area contributed by atoms with E-state index in [4.69, 9.17) is 28.3 Å². The van der Waals surface area contributed by atoms with Gasteiger partial charge in [-0.05, 0) is 40.2 Å². The molecule has 7 heteroatoms. The van der Waals surface area contributed by atoms with Crippen molar-refractivity contribution in [3.8, 4) is 0 Å². The molecule has 2 aromatic rings. The van der Waals surface area contributed by atoms with Crippen LogP contribution in [0.15, 0.2) is 34.9 Å². The van der Waals surface area contributed by atoms with E-state index in [-0.39, 0.29) is 10.6 Å². The van der Waals surface area contributed by atoms with Gasteiger partial charge in [0.1, 0.15) is 5.82 Å². The summed E-state index contributed by atoms with van der Waals surface area (Å²) < 4.78 is 0.744. The summed E-state index contributed by atoms with van der Waals surface area (Å²) in [6, 6.07) is 6.55. The normalized spacial score (nSPS) is 10.3. The van der Waals surface area contributed by atoms with Gasteiger partial charge in [0, 0.05) is 15.7 Å². The van der Waals surface area contributed by atoms with Crippen LogP contribution in [0.5, 0.6) is 0 Å². The zero-order valence-corrected chi connectivity index (χ0v) is 12.4. The minimum absolute atomic E-state index is 0.00995.